The predicted octanol–water partition coefficient (Wildman–Crippen LogP) is 4.91. The van der Waals surface area contributed by atoms with Crippen molar-refractivity contribution in [1.29, 1.82) is 0 Å². The normalized spacial score (nSPS) is 11.6. The number of nitrogens with zero attached hydrogens (tertiary/aromatic N) is 1. The van der Waals surface area contributed by atoms with Crippen molar-refractivity contribution in [2.75, 3.05) is 6.61 Å². The molecule has 0 aromatic heterocycles. The fraction of sp³-hybridized carbons (Fsp3) is 0.231. The van der Waals surface area contributed by atoms with E-state index in [9.17, 15) is 9.90 Å². The molecule has 3 aromatic rings. The molecule has 0 radical (unpaired) electrons. The lowest BCUT2D eigenvalue weighted by Crippen LogP contribution is -2.43. The standard InChI is InChI=1S/C26H27ClN2O4/c1-4-32-23-16-19(15-22(27)24(23)33-18(2)3)17-28-29-25(30)26(31,20-11-7-5-8-12-20)21-13-9-6-10-14-21/h5-18,31H,4H2,1-3H3,(H,29,30)/b28-17-. The Bertz CT molecular complexity index is 1060. The number of rotatable bonds is 9. The molecule has 0 aliphatic rings. The third-order valence-electron chi connectivity index (χ3n) is 4.78. The first-order valence-corrected chi connectivity index (χ1v) is 11.0. The number of hydrogen-bond donors (Lipinski definition) is 2. The van der Waals surface area contributed by atoms with Gasteiger partial charge in [0.2, 0.25) is 0 Å². The minimum absolute atomic E-state index is 0.0749. The summed E-state index contributed by atoms with van der Waals surface area (Å²) in [5.74, 6) is 0.251. The number of ether oxygens (including phenoxy) is 2. The highest BCUT2D eigenvalue weighted by Gasteiger charge is 2.39. The lowest BCUT2D eigenvalue weighted by Gasteiger charge is -2.27. The molecule has 0 saturated heterocycles. The zero-order valence-electron chi connectivity index (χ0n) is 18.8. The Morgan fingerprint density at radius 1 is 1.09 bits per heavy atom. The molecule has 6 nitrogen and oxygen atoms in total. The molecule has 0 unspecified atom stereocenters. The Balaban J connectivity index is 1.87. The van der Waals surface area contributed by atoms with Gasteiger partial charge in [-0.2, -0.15) is 5.10 Å². The van der Waals surface area contributed by atoms with E-state index in [4.69, 9.17) is 21.1 Å². The van der Waals surface area contributed by atoms with E-state index in [1.807, 2.05) is 32.9 Å². The van der Waals surface area contributed by atoms with Crippen molar-refractivity contribution in [3.05, 3.63) is 94.5 Å². The minimum Gasteiger partial charge on any atom is -0.490 e. The summed E-state index contributed by atoms with van der Waals surface area (Å²) < 4.78 is 11.4. The van der Waals surface area contributed by atoms with Crippen molar-refractivity contribution in [3.63, 3.8) is 0 Å². The molecule has 3 rings (SSSR count). The fourth-order valence-electron chi connectivity index (χ4n) is 3.31. The number of halogens is 1. The minimum atomic E-state index is -1.91. The Hall–Kier alpha value is -3.35. The molecular weight excluding hydrogens is 440 g/mol. The van der Waals surface area contributed by atoms with E-state index in [0.717, 1.165) is 0 Å². The highest BCUT2D eigenvalue weighted by Crippen LogP contribution is 2.37. The first-order valence-electron chi connectivity index (χ1n) is 10.7. The predicted molar refractivity (Wildman–Crippen MR) is 130 cm³/mol. The molecular formula is C26H27ClN2O4. The monoisotopic (exact) mass is 466 g/mol. The molecule has 0 heterocycles. The molecule has 0 fully saturated rings. The Labute approximate surface area is 198 Å². The SMILES string of the molecule is CCOc1cc(/C=N\NC(=O)C(O)(c2ccccc2)c2ccccc2)cc(Cl)c1OC(C)C. The maximum Gasteiger partial charge on any atom is 0.281 e. The smallest absolute Gasteiger partial charge is 0.281 e. The maximum absolute atomic E-state index is 13.1. The lowest BCUT2D eigenvalue weighted by atomic mass is 9.85. The van der Waals surface area contributed by atoms with Crippen molar-refractivity contribution in [2.45, 2.75) is 32.5 Å². The van der Waals surface area contributed by atoms with Gasteiger partial charge >= 0.3 is 0 Å². The van der Waals surface area contributed by atoms with Crippen LogP contribution in [0.3, 0.4) is 0 Å². The Morgan fingerprint density at radius 3 is 2.18 bits per heavy atom. The molecule has 7 heteroatoms. The van der Waals surface area contributed by atoms with Crippen LogP contribution in [0.5, 0.6) is 11.5 Å². The van der Waals surface area contributed by atoms with Gasteiger partial charge in [0.25, 0.3) is 5.91 Å². The second kappa shape index (κ2) is 11.0. The summed E-state index contributed by atoms with van der Waals surface area (Å²) in [5.41, 5.74) is 2.00. The molecule has 0 bridgehead atoms. The van der Waals surface area contributed by atoms with Crippen LogP contribution >= 0.6 is 11.6 Å². The van der Waals surface area contributed by atoms with Crippen LogP contribution < -0.4 is 14.9 Å². The van der Waals surface area contributed by atoms with E-state index >= 15 is 0 Å². The average Bonchev–Trinajstić information content (AvgIpc) is 2.82. The fourth-order valence-corrected chi connectivity index (χ4v) is 3.57. The van der Waals surface area contributed by atoms with Gasteiger partial charge in [-0.15, -0.1) is 0 Å². The van der Waals surface area contributed by atoms with Crippen molar-refractivity contribution in [1.82, 2.24) is 5.43 Å². The molecule has 1 amide bonds. The van der Waals surface area contributed by atoms with Crippen LogP contribution in [0.25, 0.3) is 0 Å². The maximum atomic E-state index is 13.1. The molecule has 0 saturated carbocycles. The summed E-state index contributed by atoms with van der Waals surface area (Å²) in [6.45, 7) is 6.10. The quantitative estimate of drug-likeness (QED) is 0.347. The molecule has 0 aliphatic heterocycles. The van der Waals surface area contributed by atoms with Gasteiger partial charge in [0, 0.05) is 0 Å². The molecule has 3 aromatic carbocycles. The van der Waals surface area contributed by atoms with Gasteiger partial charge in [-0.1, -0.05) is 72.3 Å². The highest BCUT2D eigenvalue weighted by atomic mass is 35.5. The van der Waals surface area contributed by atoms with E-state index in [-0.39, 0.29) is 6.10 Å². The van der Waals surface area contributed by atoms with Crippen LogP contribution in [-0.4, -0.2) is 29.9 Å². The summed E-state index contributed by atoms with van der Waals surface area (Å²) in [7, 11) is 0. The van der Waals surface area contributed by atoms with Crippen LogP contribution in [0.1, 0.15) is 37.5 Å². The van der Waals surface area contributed by atoms with Crippen LogP contribution in [0.4, 0.5) is 0 Å². The topological polar surface area (TPSA) is 80.2 Å². The van der Waals surface area contributed by atoms with Gasteiger partial charge in [0.15, 0.2) is 17.1 Å². The molecule has 0 aliphatic carbocycles. The van der Waals surface area contributed by atoms with Crippen LogP contribution in [0.15, 0.2) is 77.9 Å². The Morgan fingerprint density at radius 2 is 1.67 bits per heavy atom. The summed E-state index contributed by atoms with van der Waals surface area (Å²) in [6.07, 6.45) is 1.36. The van der Waals surface area contributed by atoms with Crippen molar-refractivity contribution in [2.24, 2.45) is 5.10 Å². The number of amides is 1. The van der Waals surface area contributed by atoms with Gasteiger partial charge in [-0.25, -0.2) is 5.43 Å². The zero-order chi connectivity index (χ0) is 23.8. The van der Waals surface area contributed by atoms with Gasteiger partial charge in [0.1, 0.15) is 0 Å². The van der Waals surface area contributed by atoms with Crippen molar-refractivity contribution in [3.8, 4) is 11.5 Å². The van der Waals surface area contributed by atoms with Crippen LogP contribution in [0, 0.1) is 0 Å². The van der Waals surface area contributed by atoms with Crippen LogP contribution in [0.2, 0.25) is 5.02 Å². The average molecular weight is 467 g/mol. The molecule has 2 N–H and O–H groups in total. The lowest BCUT2D eigenvalue weighted by molar-refractivity contribution is -0.136. The summed E-state index contributed by atoms with van der Waals surface area (Å²) in [4.78, 5) is 13.1. The second-order valence-corrected chi connectivity index (χ2v) is 7.98. The van der Waals surface area contributed by atoms with Gasteiger partial charge in [-0.3, -0.25) is 4.79 Å². The number of hydrazone groups is 1. The number of benzene rings is 3. The van der Waals surface area contributed by atoms with Crippen molar-refractivity contribution >= 4 is 23.7 Å². The number of hydrogen-bond acceptors (Lipinski definition) is 5. The van der Waals surface area contributed by atoms with Gasteiger partial charge in [0.05, 0.1) is 23.9 Å². The third-order valence-corrected chi connectivity index (χ3v) is 5.06. The van der Waals surface area contributed by atoms with Crippen molar-refractivity contribution < 1.29 is 19.4 Å². The summed E-state index contributed by atoms with van der Waals surface area (Å²) in [6, 6.07) is 20.8. The molecule has 0 spiro atoms. The third kappa shape index (κ3) is 5.72. The number of aliphatic hydroxyl groups is 1. The first-order chi connectivity index (χ1) is 15.9. The van der Waals surface area contributed by atoms with E-state index in [0.29, 0.717) is 39.8 Å². The molecule has 172 valence electrons. The number of carbonyl (C=O) groups excluding carboxylic acids is 1. The summed E-state index contributed by atoms with van der Waals surface area (Å²) >= 11 is 6.39. The van der Waals surface area contributed by atoms with E-state index in [1.165, 1.54) is 6.21 Å². The second-order valence-electron chi connectivity index (χ2n) is 7.57. The largest absolute Gasteiger partial charge is 0.490 e. The van der Waals surface area contributed by atoms with Gasteiger partial charge < -0.3 is 14.6 Å². The van der Waals surface area contributed by atoms with Crippen LogP contribution in [-0.2, 0) is 10.4 Å². The van der Waals surface area contributed by atoms with E-state index in [2.05, 4.69) is 10.5 Å². The summed E-state index contributed by atoms with van der Waals surface area (Å²) in [5, 5.41) is 15.9. The molecule has 0 atom stereocenters. The first kappa shape index (κ1) is 24.3. The zero-order valence-corrected chi connectivity index (χ0v) is 19.5. The van der Waals surface area contributed by atoms with E-state index < -0.39 is 11.5 Å². The molecule has 33 heavy (non-hydrogen) atoms. The number of nitrogens with one attached hydrogen (secondary N) is 1. The highest BCUT2D eigenvalue weighted by molar-refractivity contribution is 6.32. The van der Waals surface area contributed by atoms with E-state index in [1.54, 1.807) is 60.7 Å². The van der Waals surface area contributed by atoms with Gasteiger partial charge in [-0.05, 0) is 49.6 Å². The Kier molecular flexibility index (Phi) is 8.09. The number of carbonyl (C=O) groups is 1.